The van der Waals surface area contributed by atoms with Crippen LogP contribution in [0.25, 0.3) is 0 Å². The zero-order chi connectivity index (χ0) is 13.7. The van der Waals surface area contributed by atoms with E-state index in [0.29, 0.717) is 17.4 Å². The fraction of sp³-hybridized carbons (Fsp3) is 0.214. The van der Waals surface area contributed by atoms with Crippen molar-refractivity contribution in [3.63, 3.8) is 0 Å². The topological polar surface area (TPSA) is 63.6 Å². The van der Waals surface area contributed by atoms with E-state index in [-0.39, 0.29) is 6.61 Å². The molecule has 1 aromatic heterocycles. The second-order valence-corrected chi connectivity index (χ2v) is 3.86. The third-order valence-electron chi connectivity index (χ3n) is 2.60. The van der Waals surface area contributed by atoms with Gasteiger partial charge in [0.25, 0.3) is 0 Å². The smallest absolute Gasteiger partial charge is 0.221 e. The first kappa shape index (κ1) is 13.2. The lowest BCUT2D eigenvalue weighted by molar-refractivity contribution is 0.280. The lowest BCUT2D eigenvalue weighted by atomic mass is 10.2. The highest BCUT2D eigenvalue weighted by atomic mass is 16.5. The summed E-state index contributed by atoms with van der Waals surface area (Å²) in [6, 6.07) is 10.7. The Kier molecular flexibility index (Phi) is 4.20. The zero-order valence-electron chi connectivity index (χ0n) is 10.9. The fourth-order valence-corrected chi connectivity index (χ4v) is 1.62. The number of anilines is 1. The molecule has 0 bridgehead atoms. The number of hydrogen-bond donors (Lipinski definition) is 2. The Labute approximate surface area is 111 Å². The molecule has 0 radical (unpaired) electrons. The van der Waals surface area contributed by atoms with Crippen LogP contribution in [0, 0.1) is 0 Å². The average Bonchev–Trinajstić information content (AvgIpc) is 2.48. The van der Waals surface area contributed by atoms with Gasteiger partial charge in [-0.1, -0.05) is 12.1 Å². The number of nitrogens with zero attached hydrogens (tertiary/aromatic N) is 1. The summed E-state index contributed by atoms with van der Waals surface area (Å²) in [6.45, 7) is -0.0376. The van der Waals surface area contributed by atoms with Crippen molar-refractivity contribution in [3.05, 3.63) is 42.0 Å². The minimum absolute atomic E-state index is 0.0376. The van der Waals surface area contributed by atoms with Gasteiger partial charge in [0.1, 0.15) is 5.82 Å². The number of methoxy groups -OCH3 is 1. The summed E-state index contributed by atoms with van der Waals surface area (Å²) >= 11 is 0. The molecule has 2 rings (SSSR count). The first-order valence-corrected chi connectivity index (χ1v) is 5.87. The molecule has 0 atom stereocenters. The van der Waals surface area contributed by atoms with Gasteiger partial charge in [-0.3, -0.25) is 0 Å². The van der Waals surface area contributed by atoms with Crippen molar-refractivity contribution < 1.29 is 14.6 Å². The molecule has 2 aromatic rings. The highest BCUT2D eigenvalue weighted by Crippen LogP contribution is 2.31. The van der Waals surface area contributed by atoms with Crippen molar-refractivity contribution in [3.8, 4) is 17.4 Å². The Morgan fingerprint density at radius 1 is 1.21 bits per heavy atom. The van der Waals surface area contributed by atoms with Gasteiger partial charge in [-0.05, 0) is 23.8 Å². The van der Waals surface area contributed by atoms with E-state index in [1.54, 1.807) is 38.4 Å². The minimum atomic E-state index is -0.0376. The first-order chi connectivity index (χ1) is 9.26. The summed E-state index contributed by atoms with van der Waals surface area (Å²) in [4.78, 5) is 4.27. The molecule has 19 heavy (non-hydrogen) atoms. The van der Waals surface area contributed by atoms with Crippen LogP contribution in [-0.4, -0.2) is 24.2 Å². The monoisotopic (exact) mass is 260 g/mol. The summed E-state index contributed by atoms with van der Waals surface area (Å²) in [7, 11) is 3.35. The third-order valence-corrected chi connectivity index (χ3v) is 2.60. The number of aliphatic hydroxyl groups is 1. The van der Waals surface area contributed by atoms with E-state index in [9.17, 15) is 0 Å². The lowest BCUT2D eigenvalue weighted by Gasteiger charge is -2.11. The van der Waals surface area contributed by atoms with E-state index in [1.807, 2.05) is 12.1 Å². The van der Waals surface area contributed by atoms with Crippen LogP contribution in [0.15, 0.2) is 36.4 Å². The van der Waals surface area contributed by atoms with E-state index in [0.717, 1.165) is 11.4 Å². The van der Waals surface area contributed by atoms with Crippen LogP contribution in [0.3, 0.4) is 0 Å². The largest absolute Gasteiger partial charge is 0.493 e. The van der Waals surface area contributed by atoms with Crippen LogP contribution >= 0.6 is 0 Å². The van der Waals surface area contributed by atoms with E-state index in [4.69, 9.17) is 14.6 Å². The van der Waals surface area contributed by atoms with Gasteiger partial charge in [0.15, 0.2) is 11.5 Å². The second-order valence-electron chi connectivity index (χ2n) is 3.86. The van der Waals surface area contributed by atoms with Crippen LogP contribution in [0.5, 0.6) is 17.4 Å². The molecule has 0 aliphatic heterocycles. The van der Waals surface area contributed by atoms with Gasteiger partial charge in [-0.2, -0.15) is 4.98 Å². The van der Waals surface area contributed by atoms with Gasteiger partial charge in [-0.25, -0.2) is 0 Å². The third kappa shape index (κ3) is 3.14. The van der Waals surface area contributed by atoms with Gasteiger partial charge in [0, 0.05) is 13.1 Å². The SMILES string of the molecule is CNc1cccc(Oc2ccc(CO)cc2OC)n1. The molecule has 0 unspecified atom stereocenters. The van der Waals surface area contributed by atoms with Crippen molar-refractivity contribution in [1.82, 2.24) is 4.98 Å². The van der Waals surface area contributed by atoms with Gasteiger partial charge >= 0.3 is 0 Å². The zero-order valence-corrected chi connectivity index (χ0v) is 10.9. The second kappa shape index (κ2) is 6.06. The molecular formula is C14H16N2O3. The number of aromatic nitrogens is 1. The summed E-state index contributed by atoms with van der Waals surface area (Å²) < 4.78 is 10.9. The van der Waals surface area contributed by atoms with Crippen LogP contribution in [-0.2, 0) is 6.61 Å². The Balaban J connectivity index is 2.26. The molecular weight excluding hydrogens is 244 g/mol. The first-order valence-electron chi connectivity index (χ1n) is 5.87. The molecule has 0 saturated heterocycles. The van der Waals surface area contributed by atoms with Crippen molar-refractivity contribution in [1.29, 1.82) is 0 Å². The minimum Gasteiger partial charge on any atom is -0.493 e. The number of pyridine rings is 1. The molecule has 1 aromatic carbocycles. The van der Waals surface area contributed by atoms with Crippen molar-refractivity contribution in [2.75, 3.05) is 19.5 Å². The Bertz CT molecular complexity index is 558. The number of aliphatic hydroxyl groups excluding tert-OH is 1. The fourth-order valence-electron chi connectivity index (χ4n) is 1.62. The maximum absolute atomic E-state index is 9.09. The normalized spacial score (nSPS) is 10.1. The molecule has 0 spiro atoms. The average molecular weight is 260 g/mol. The molecule has 5 heteroatoms. The predicted molar refractivity (Wildman–Crippen MR) is 72.8 cm³/mol. The number of nitrogens with one attached hydrogen (secondary N) is 1. The van der Waals surface area contributed by atoms with Gasteiger partial charge in [0.2, 0.25) is 5.88 Å². The summed E-state index contributed by atoms with van der Waals surface area (Å²) in [5, 5.41) is 12.0. The summed E-state index contributed by atoms with van der Waals surface area (Å²) in [6.07, 6.45) is 0. The van der Waals surface area contributed by atoms with Crippen LogP contribution in [0.1, 0.15) is 5.56 Å². The number of rotatable bonds is 5. The van der Waals surface area contributed by atoms with Crippen LogP contribution in [0.4, 0.5) is 5.82 Å². The van der Waals surface area contributed by atoms with Gasteiger partial charge in [-0.15, -0.1) is 0 Å². The van der Waals surface area contributed by atoms with Crippen molar-refractivity contribution in [2.45, 2.75) is 6.61 Å². The lowest BCUT2D eigenvalue weighted by Crippen LogP contribution is -1.96. The molecule has 1 heterocycles. The maximum atomic E-state index is 9.09. The molecule has 0 aliphatic rings. The van der Waals surface area contributed by atoms with Gasteiger partial charge < -0.3 is 19.9 Å². The van der Waals surface area contributed by atoms with E-state index in [2.05, 4.69) is 10.3 Å². The predicted octanol–water partition coefficient (Wildman–Crippen LogP) is 2.42. The van der Waals surface area contributed by atoms with E-state index < -0.39 is 0 Å². The summed E-state index contributed by atoms with van der Waals surface area (Å²) in [5.74, 6) is 2.31. The standard InChI is InChI=1S/C14H16N2O3/c1-15-13-4-3-5-14(16-13)19-11-7-6-10(9-17)8-12(11)18-2/h3-8,17H,9H2,1-2H3,(H,15,16). The quantitative estimate of drug-likeness (QED) is 0.864. The Morgan fingerprint density at radius 3 is 2.74 bits per heavy atom. The molecule has 100 valence electrons. The van der Waals surface area contributed by atoms with Crippen LogP contribution < -0.4 is 14.8 Å². The maximum Gasteiger partial charge on any atom is 0.221 e. The van der Waals surface area contributed by atoms with E-state index >= 15 is 0 Å². The highest BCUT2D eigenvalue weighted by molar-refractivity contribution is 5.45. The Hall–Kier alpha value is -2.27. The molecule has 0 fully saturated rings. The molecule has 2 N–H and O–H groups in total. The Morgan fingerprint density at radius 2 is 2.05 bits per heavy atom. The number of benzene rings is 1. The number of hydrogen-bond acceptors (Lipinski definition) is 5. The van der Waals surface area contributed by atoms with Crippen LogP contribution in [0.2, 0.25) is 0 Å². The molecule has 5 nitrogen and oxygen atoms in total. The summed E-state index contributed by atoms with van der Waals surface area (Å²) in [5.41, 5.74) is 0.765. The number of ether oxygens (including phenoxy) is 2. The van der Waals surface area contributed by atoms with E-state index in [1.165, 1.54) is 0 Å². The highest BCUT2D eigenvalue weighted by Gasteiger charge is 2.07. The molecule has 0 saturated carbocycles. The van der Waals surface area contributed by atoms with Crippen molar-refractivity contribution in [2.24, 2.45) is 0 Å². The van der Waals surface area contributed by atoms with Gasteiger partial charge in [0.05, 0.1) is 13.7 Å². The molecule has 0 amide bonds. The molecule has 0 aliphatic carbocycles. The van der Waals surface area contributed by atoms with Crippen molar-refractivity contribution >= 4 is 5.82 Å².